The van der Waals surface area contributed by atoms with Crippen LogP contribution in [0, 0.1) is 0 Å². The van der Waals surface area contributed by atoms with E-state index in [4.69, 9.17) is 9.47 Å². The third-order valence-electron chi connectivity index (χ3n) is 5.14. The molecule has 1 saturated heterocycles. The normalized spacial score (nSPS) is 14.4. The zero-order valence-corrected chi connectivity index (χ0v) is 19.4. The first-order chi connectivity index (χ1) is 17.5. The third kappa shape index (κ3) is 5.58. The van der Waals surface area contributed by atoms with Crippen LogP contribution in [0.3, 0.4) is 0 Å². The van der Waals surface area contributed by atoms with Crippen LogP contribution in [0.5, 0.6) is 11.5 Å². The fourth-order valence-electron chi connectivity index (χ4n) is 3.50. The van der Waals surface area contributed by atoms with E-state index in [0.29, 0.717) is 29.4 Å². The molecule has 3 aromatic rings. The number of para-hydroxylation sites is 2. The minimum Gasteiger partial charge on any atom is -0.494 e. The third-order valence-corrected chi connectivity index (χ3v) is 5.14. The average Bonchev–Trinajstić information content (AvgIpc) is 2.87. The van der Waals surface area contributed by atoms with E-state index in [1.165, 1.54) is 6.08 Å². The quantitative estimate of drug-likeness (QED) is 0.371. The van der Waals surface area contributed by atoms with Gasteiger partial charge in [0, 0.05) is 11.3 Å². The highest BCUT2D eigenvalue weighted by molar-refractivity contribution is 6.39. The molecular formula is C27H23N3O6. The van der Waals surface area contributed by atoms with Crippen LogP contribution in [-0.4, -0.2) is 37.0 Å². The standard InChI is InChI=1S/C27H23N3O6/c1-2-35-21-14-12-20(13-15-21)30-26(33)22(25(32)29-27(30)34)16-18-8-6-7-11-23(18)36-17-24(31)28-19-9-4-3-5-10-19/h3-16H,2,17H2,1H3,(H,28,31)(H,29,32,34)/b22-16+. The number of imide groups is 2. The summed E-state index contributed by atoms with van der Waals surface area (Å²) >= 11 is 0. The summed E-state index contributed by atoms with van der Waals surface area (Å²) in [4.78, 5) is 51.3. The largest absolute Gasteiger partial charge is 0.494 e. The van der Waals surface area contributed by atoms with Gasteiger partial charge in [-0.1, -0.05) is 36.4 Å². The highest BCUT2D eigenvalue weighted by atomic mass is 16.5. The molecule has 2 N–H and O–H groups in total. The summed E-state index contributed by atoms with van der Waals surface area (Å²) in [6.45, 7) is 2.03. The maximum absolute atomic E-state index is 13.2. The van der Waals surface area contributed by atoms with Crippen molar-refractivity contribution in [1.82, 2.24) is 5.32 Å². The smallest absolute Gasteiger partial charge is 0.335 e. The Labute approximate surface area is 207 Å². The average molecular weight is 485 g/mol. The fourth-order valence-corrected chi connectivity index (χ4v) is 3.50. The van der Waals surface area contributed by atoms with Crippen LogP contribution >= 0.6 is 0 Å². The Morgan fingerprint density at radius 2 is 1.61 bits per heavy atom. The van der Waals surface area contributed by atoms with Crippen molar-refractivity contribution >= 4 is 41.2 Å². The van der Waals surface area contributed by atoms with Crippen LogP contribution in [0.25, 0.3) is 6.08 Å². The second-order valence-electron chi connectivity index (χ2n) is 7.63. The molecule has 0 bridgehead atoms. The van der Waals surface area contributed by atoms with Crippen molar-refractivity contribution in [2.24, 2.45) is 0 Å². The molecule has 0 saturated carbocycles. The number of nitrogens with zero attached hydrogens (tertiary/aromatic N) is 1. The van der Waals surface area contributed by atoms with Gasteiger partial charge in [-0.2, -0.15) is 0 Å². The molecule has 1 heterocycles. The van der Waals surface area contributed by atoms with E-state index in [9.17, 15) is 19.2 Å². The van der Waals surface area contributed by atoms with E-state index in [2.05, 4.69) is 10.6 Å². The number of nitrogens with one attached hydrogen (secondary N) is 2. The monoisotopic (exact) mass is 485 g/mol. The Kier molecular flexibility index (Phi) is 7.40. The summed E-state index contributed by atoms with van der Waals surface area (Å²) in [5.74, 6) is -1.12. The second kappa shape index (κ2) is 11.0. The topological polar surface area (TPSA) is 114 Å². The van der Waals surface area contributed by atoms with Crippen molar-refractivity contribution < 1.29 is 28.7 Å². The number of benzene rings is 3. The molecule has 0 radical (unpaired) electrons. The number of ether oxygens (including phenoxy) is 2. The van der Waals surface area contributed by atoms with E-state index in [0.717, 1.165) is 4.90 Å². The van der Waals surface area contributed by atoms with Gasteiger partial charge in [-0.25, -0.2) is 9.69 Å². The molecule has 9 heteroatoms. The van der Waals surface area contributed by atoms with Gasteiger partial charge in [0.2, 0.25) is 0 Å². The molecular weight excluding hydrogens is 462 g/mol. The van der Waals surface area contributed by atoms with Crippen molar-refractivity contribution in [3.63, 3.8) is 0 Å². The van der Waals surface area contributed by atoms with Gasteiger partial charge in [0.1, 0.15) is 17.1 Å². The van der Waals surface area contributed by atoms with Crippen molar-refractivity contribution in [3.8, 4) is 11.5 Å². The fraction of sp³-hybridized carbons (Fsp3) is 0.111. The minimum absolute atomic E-state index is 0.256. The Hall–Kier alpha value is -4.92. The molecule has 182 valence electrons. The molecule has 0 aromatic heterocycles. The molecule has 4 rings (SSSR count). The Morgan fingerprint density at radius 3 is 2.33 bits per heavy atom. The van der Waals surface area contributed by atoms with Gasteiger partial charge in [0.15, 0.2) is 6.61 Å². The van der Waals surface area contributed by atoms with E-state index in [1.807, 2.05) is 13.0 Å². The van der Waals surface area contributed by atoms with E-state index in [-0.39, 0.29) is 23.8 Å². The van der Waals surface area contributed by atoms with Crippen LogP contribution in [0.4, 0.5) is 16.2 Å². The number of amides is 5. The van der Waals surface area contributed by atoms with Gasteiger partial charge in [-0.05, 0) is 55.5 Å². The minimum atomic E-state index is -0.853. The SMILES string of the molecule is CCOc1ccc(N2C(=O)NC(=O)/C(=C\c3ccccc3OCC(=O)Nc3ccccc3)C2=O)cc1. The molecule has 0 spiro atoms. The highest BCUT2D eigenvalue weighted by Gasteiger charge is 2.37. The van der Waals surface area contributed by atoms with E-state index in [1.54, 1.807) is 72.8 Å². The maximum Gasteiger partial charge on any atom is 0.335 e. The van der Waals surface area contributed by atoms with Crippen molar-refractivity contribution in [2.45, 2.75) is 6.92 Å². The van der Waals surface area contributed by atoms with Gasteiger partial charge >= 0.3 is 6.03 Å². The second-order valence-corrected chi connectivity index (χ2v) is 7.63. The molecule has 9 nitrogen and oxygen atoms in total. The number of hydrogen-bond acceptors (Lipinski definition) is 6. The Bertz CT molecular complexity index is 1320. The summed E-state index contributed by atoms with van der Waals surface area (Å²) in [6, 6.07) is 21.1. The first-order valence-electron chi connectivity index (χ1n) is 11.2. The molecule has 5 amide bonds. The summed E-state index contributed by atoms with van der Waals surface area (Å²) in [5.41, 5.74) is 1.05. The van der Waals surface area contributed by atoms with Crippen LogP contribution in [0.1, 0.15) is 12.5 Å². The van der Waals surface area contributed by atoms with Crippen LogP contribution in [0.15, 0.2) is 84.4 Å². The lowest BCUT2D eigenvalue weighted by atomic mass is 10.1. The number of barbiturate groups is 1. The molecule has 1 aliphatic heterocycles. The molecule has 1 aliphatic rings. The van der Waals surface area contributed by atoms with Gasteiger partial charge in [-0.3, -0.25) is 19.7 Å². The Morgan fingerprint density at radius 1 is 0.917 bits per heavy atom. The number of carbonyl (C=O) groups excluding carboxylic acids is 4. The van der Waals surface area contributed by atoms with Gasteiger partial charge < -0.3 is 14.8 Å². The van der Waals surface area contributed by atoms with Crippen molar-refractivity contribution in [1.29, 1.82) is 0 Å². The molecule has 0 unspecified atom stereocenters. The molecule has 3 aromatic carbocycles. The predicted molar refractivity (Wildman–Crippen MR) is 134 cm³/mol. The zero-order valence-electron chi connectivity index (χ0n) is 19.4. The van der Waals surface area contributed by atoms with Gasteiger partial charge in [0.25, 0.3) is 17.7 Å². The maximum atomic E-state index is 13.2. The number of hydrogen-bond donors (Lipinski definition) is 2. The zero-order chi connectivity index (χ0) is 25.5. The summed E-state index contributed by atoms with van der Waals surface area (Å²) in [7, 11) is 0. The lowest BCUT2D eigenvalue weighted by Crippen LogP contribution is -2.54. The van der Waals surface area contributed by atoms with Crippen molar-refractivity contribution in [2.75, 3.05) is 23.4 Å². The number of urea groups is 1. The van der Waals surface area contributed by atoms with E-state index < -0.39 is 17.8 Å². The Balaban J connectivity index is 1.54. The summed E-state index contributed by atoms with van der Waals surface area (Å²) in [6.07, 6.45) is 1.33. The first-order valence-corrected chi connectivity index (χ1v) is 11.2. The van der Waals surface area contributed by atoms with Gasteiger partial charge in [-0.15, -0.1) is 0 Å². The van der Waals surface area contributed by atoms with Gasteiger partial charge in [0.05, 0.1) is 12.3 Å². The summed E-state index contributed by atoms with van der Waals surface area (Å²) in [5, 5.41) is 4.91. The first kappa shape index (κ1) is 24.2. The molecule has 0 atom stereocenters. The lowest BCUT2D eigenvalue weighted by Gasteiger charge is -2.26. The molecule has 1 fully saturated rings. The summed E-state index contributed by atoms with van der Waals surface area (Å²) < 4.78 is 11.1. The number of anilines is 2. The predicted octanol–water partition coefficient (Wildman–Crippen LogP) is 3.77. The van der Waals surface area contributed by atoms with Crippen LogP contribution in [0.2, 0.25) is 0 Å². The number of rotatable bonds is 8. The van der Waals surface area contributed by atoms with Crippen LogP contribution in [-0.2, 0) is 14.4 Å². The number of carbonyl (C=O) groups is 4. The molecule has 0 aliphatic carbocycles. The highest BCUT2D eigenvalue weighted by Crippen LogP contribution is 2.26. The van der Waals surface area contributed by atoms with Crippen molar-refractivity contribution in [3.05, 3.63) is 90.0 Å². The van der Waals surface area contributed by atoms with E-state index >= 15 is 0 Å². The van der Waals surface area contributed by atoms with Crippen LogP contribution < -0.4 is 25.0 Å². The lowest BCUT2D eigenvalue weighted by molar-refractivity contribution is -0.122. The molecule has 36 heavy (non-hydrogen) atoms.